The molecule has 0 radical (unpaired) electrons. The highest BCUT2D eigenvalue weighted by molar-refractivity contribution is 6.84. The summed E-state index contributed by atoms with van der Waals surface area (Å²) in [6.45, 7) is 9.36. The molecule has 1 heteroatoms. The predicted octanol–water partition coefficient (Wildman–Crippen LogP) is 15.7. The van der Waals surface area contributed by atoms with Gasteiger partial charge in [0.25, 0.3) is 0 Å². The van der Waals surface area contributed by atoms with Crippen LogP contribution >= 0.6 is 0 Å². The molecular weight excluding hydrogens is 509 g/mol. The topological polar surface area (TPSA) is 0 Å². The second-order valence-corrected chi connectivity index (χ2v) is 18.6. The molecule has 0 aromatic rings. The minimum absolute atomic E-state index is 1.28. The Balaban J connectivity index is 4.66. The molecule has 0 N–H and O–H groups in total. The van der Waals surface area contributed by atoms with Gasteiger partial charge in [-0.1, -0.05) is 244 Å². The standard InChI is InChI=1S/C40H82Si/c1-5-9-13-17-21-22-23-24-25-26-27-28-32-36-40-41(37-33-29-18-14-10-6-2,38-34-30-19-15-11-7-3)39-35-31-20-16-12-8-4/h36,40H,5-35,37-39H2,1-4H3/b40-36+. The van der Waals surface area contributed by atoms with E-state index in [9.17, 15) is 0 Å². The molecule has 41 heavy (non-hydrogen) atoms. The van der Waals surface area contributed by atoms with E-state index >= 15 is 0 Å². The smallest absolute Gasteiger partial charge is 0.0774 e. The first kappa shape index (κ1) is 41.0. The number of hydrogen-bond acceptors (Lipinski definition) is 0. The average molecular weight is 591 g/mol. The Morgan fingerprint density at radius 1 is 0.293 bits per heavy atom. The Hall–Kier alpha value is -0.0431. The second-order valence-electron chi connectivity index (χ2n) is 14.0. The summed E-state index contributed by atoms with van der Waals surface area (Å²) < 4.78 is 0. The summed E-state index contributed by atoms with van der Waals surface area (Å²) in [5.41, 5.74) is 2.93. The average Bonchev–Trinajstić information content (AvgIpc) is 2.98. The van der Waals surface area contributed by atoms with Crippen LogP contribution in [0.1, 0.15) is 227 Å². The summed E-state index contributed by atoms with van der Waals surface area (Å²) in [5.74, 6) is 0. The van der Waals surface area contributed by atoms with Crippen LogP contribution in [0, 0.1) is 0 Å². The van der Waals surface area contributed by atoms with Crippen molar-refractivity contribution in [1.82, 2.24) is 0 Å². The van der Waals surface area contributed by atoms with E-state index in [1.165, 1.54) is 199 Å². The van der Waals surface area contributed by atoms with Crippen molar-refractivity contribution >= 4 is 8.07 Å². The van der Waals surface area contributed by atoms with E-state index in [1.54, 1.807) is 18.1 Å². The second kappa shape index (κ2) is 34.4. The molecule has 0 rings (SSSR count). The molecule has 0 heterocycles. The van der Waals surface area contributed by atoms with E-state index in [1.807, 2.05) is 0 Å². The minimum Gasteiger partial charge on any atom is -0.0981 e. The molecule has 0 aromatic heterocycles. The first-order valence-electron chi connectivity index (χ1n) is 19.9. The number of rotatable bonds is 35. The van der Waals surface area contributed by atoms with Gasteiger partial charge in [0, 0.05) is 0 Å². The fourth-order valence-corrected chi connectivity index (χ4v) is 11.6. The van der Waals surface area contributed by atoms with E-state index < -0.39 is 8.07 Å². The van der Waals surface area contributed by atoms with Crippen molar-refractivity contribution in [1.29, 1.82) is 0 Å². The number of hydrogen-bond donors (Lipinski definition) is 0. The van der Waals surface area contributed by atoms with Crippen LogP contribution in [-0.2, 0) is 0 Å². The molecule has 0 saturated heterocycles. The summed E-state index contributed by atoms with van der Waals surface area (Å²) in [4.78, 5) is 0. The van der Waals surface area contributed by atoms with Crippen molar-refractivity contribution in [3.63, 3.8) is 0 Å². The van der Waals surface area contributed by atoms with Crippen molar-refractivity contribution in [2.75, 3.05) is 0 Å². The molecule has 0 bridgehead atoms. The SMILES string of the molecule is CCCCCCCCCCCCCC/C=C/[Si](CCCCCCCC)(CCCCCCCC)CCCCCCCC. The largest absolute Gasteiger partial charge is 0.0981 e. The molecule has 0 atom stereocenters. The quantitative estimate of drug-likeness (QED) is 0.0508. The fourth-order valence-electron chi connectivity index (χ4n) is 6.83. The summed E-state index contributed by atoms with van der Waals surface area (Å²) >= 11 is 0. The van der Waals surface area contributed by atoms with Gasteiger partial charge in [0.15, 0.2) is 0 Å². The van der Waals surface area contributed by atoms with Crippen molar-refractivity contribution in [3.8, 4) is 0 Å². The molecule has 0 fully saturated rings. The fraction of sp³-hybridized carbons (Fsp3) is 0.950. The third kappa shape index (κ3) is 29.8. The summed E-state index contributed by atoms with van der Waals surface area (Å²) in [6, 6.07) is 4.79. The Kier molecular flexibility index (Phi) is 34.4. The normalized spacial score (nSPS) is 12.2. The third-order valence-corrected chi connectivity index (χ3v) is 14.8. The van der Waals surface area contributed by atoms with Crippen LogP contribution in [-0.4, -0.2) is 8.07 Å². The zero-order valence-corrected chi connectivity index (χ0v) is 30.7. The van der Waals surface area contributed by atoms with E-state index in [0.717, 1.165) is 0 Å². The summed E-state index contributed by atoms with van der Waals surface area (Å²) in [6.07, 6.45) is 47.9. The van der Waals surface area contributed by atoms with E-state index in [-0.39, 0.29) is 0 Å². The van der Waals surface area contributed by atoms with Crippen LogP contribution in [0.5, 0.6) is 0 Å². The third-order valence-electron chi connectivity index (χ3n) is 9.78. The molecule has 0 aliphatic heterocycles. The van der Waals surface area contributed by atoms with Gasteiger partial charge in [0.05, 0.1) is 8.07 Å². The maximum atomic E-state index is 2.93. The van der Waals surface area contributed by atoms with Crippen molar-refractivity contribution in [2.24, 2.45) is 0 Å². The Labute approximate surface area is 264 Å². The lowest BCUT2D eigenvalue weighted by Crippen LogP contribution is -2.32. The van der Waals surface area contributed by atoms with Crippen molar-refractivity contribution in [2.45, 2.75) is 245 Å². The van der Waals surface area contributed by atoms with Crippen LogP contribution < -0.4 is 0 Å². The van der Waals surface area contributed by atoms with Crippen LogP contribution in [0.25, 0.3) is 0 Å². The molecule has 0 saturated carbocycles. The molecule has 246 valence electrons. The molecular formula is C40H82Si. The highest BCUT2D eigenvalue weighted by Gasteiger charge is 2.28. The van der Waals surface area contributed by atoms with Crippen LogP contribution in [0.3, 0.4) is 0 Å². The molecule has 0 aliphatic carbocycles. The van der Waals surface area contributed by atoms with Gasteiger partial charge < -0.3 is 0 Å². The summed E-state index contributed by atoms with van der Waals surface area (Å²) in [5, 5.41) is 0. The molecule has 0 amide bonds. The molecule has 0 unspecified atom stereocenters. The molecule has 0 aliphatic rings. The Morgan fingerprint density at radius 3 is 0.829 bits per heavy atom. The predicted molar refractivity (Wildman–Crippen MR) is 195 cm³/mol. The van der Waals surface area contributed by atoms with Gasteiger partial charge in [-0.15, -0.1) is 0 Å². The van der Waals surface area contributed by atoms with Gasteiger partial charge in [-0.05, 0) is 12.8 Å². The van der Waals surface area contributed by atoms with Gasteiger partial charge in [-0.3, -0.25) is 0 Å². The van der Waals surface area contributed by atoms with Gasteiger partial charge >= 0.3 is 0 Å². The van der Waals surface area contributed by atoms with Gasteiger partial charge in [0.1, 0.15) is 0 Å². The van der Waals surface area contributed by atoms with Crippen LogP contribution in [0.15, 0.2) is 11.8 Å². The lowest BCUT2D eigenvalue weighted by atomic mass is 10.0. The Bertz CT molecular complexity index is 454. The number of unbranched alkanes of at least 4 members (excludes halogenated alkanes) is 27. The van der Waals surface area contributed by atoms with Crippen LogP contribution in [0.4, 0.5) is 0 Å². The first-order chi connectivity index (χ1) is 20.2. The highest BCUT2D eigenvalue weighted by Crippen LogP contribution is 2.32. The maximum absolute atomic E-state index is 2.93. The van der Waals surface area contributed by atoms with E-state index in [2.05, 4.69) is 39.5 Å². The van der Waals surface area contributed by atoms with Crippen molar-refractivity contribution < 1.29 is 0 Å². The summed E-state index contributed by atoms with van der Waals surface area (Å²) in [7, 11) is -1.28. The van der Waals surface area contributed by atoms with Crippen LogP contribution in [0.2, 0.25) is 18.1 Å². The zero-order valence-electron chi connectivity index (χ0n) is 29.7. The van der Waals surface area contributed by atoms with E-state index in [0.29, 0.717) is 0 Å². The maximum Gasteiger partial charge on any atom is 0.0774 e. The zero-order chi connectivity index (χ0) is 30.0. The molecule has 0 nitrogen and oxygen atoms in total. The lowest BCUT2D eigenvalue weighted by Gasteiger charge is -2.29. The molecule has 0 spiro atoms. The monoisotopic (exact) mass is 591 g/mol. The Morgan fingerprint density at radius 2 is 0.537 bits per heavy atom. The minimum atomic E-state index is -1.28. The van der Waals surface area contributed by atoms with Gasteiger partial charge in [-0.2, -0.15) is 0 Å². The van der Waals surface area contributed by atoms with E-state index in [4.69, 9.17) is 0 Å². The van der Waals surface area contributed by atoms with Gasteiger partial charge in [-0.25, -0.2) is 0 Å². The molecule has 0 aromatic carbocycles. The van der Waals surface area contributed by atoms with Gasteiger partial charge in [0.2, 0.25) is 0 Å². The van der Waals surface area contributed by atoms with Crippen molar-refractivity contribution in [3.05, 3.63) is 11.8 Å². The lowest BCUT2D eigenvalue weighted by molar-refractivity contribution is 0.545. The first-order valence-corrected chi connectivity index (χ1v) is 22.6. The number of allylic oxidation sites excluding steroid dienone is 1. The highest BCUT2D eigenvalue weighted by atomic mass is 28.3.